The van der Waals surface area contributed by atoms with Crippen LogP contribution in [0.3, 0.4) is 0 Å². The molecule has 0 aromatic heterocycles. The van der Waals surface area contributed by atoms with Gasteiger partial charge in [0.25, 0.3) is 0 Å². The van der Waals surface area contributed by atoms with Crippen LogP contribution in [0.2, 0.25) is 0 Å². The predicted octanol–water partition coefficient (Wildman–Crippen LogP) is 5.53. The first-order valence-electron chi connectivity index (χ1n) is 9.03. The van der Waals surface area contributed by atoms with Gasteiger partial charge in [0.1, 0.15) is 5.75 Å². The van der Waals surface area contributed by atoms with Gasteiger partial charge in [-0.25, -0.2) is 4.79 Å². The van der Waals surface area contributed by atoms with Crippen LogP contribution in [0, 0.1) is 0 Å². The molecule has 3 heteroatoms. The topological polar surface area (TPSA) is 35.5 Å². The van der Waals surface area contributed by atoms with E-state index in [-0.39, 0.29) is 5.97 Å². The molecule has 0 saturated carbocycles. The Morgan fingerprint density at radius 1 is 0.846 bits per heavy atom. The summed E-state index contributed by atoms with van der Waals surface area (Å²) >= 11 is 0. The molecule has 0 aliphatic carbocycles. The monoisotopic (exact) mass is 350 g/mol. The molecule has 0 fully saturated rings. The average Bonchev–Trinajstić information content (AvgIpc) is 2.69. The smallest absolute Gasteiger partial charge is 0.330 e. The highest BCUT2D eigenvalue weighted by atomic mass is 16.5. The molecule has 0 amide bonds. The zero-order chi connectivity index (χ0) is 18.5. The summed E-state index contributed by atoms with van der Waals surface area (Å²) in [6.07, 6.45) is 9.00. The predicted molar refractivity (Wildman–Crippen MR) is 107 cm³/mol. The third-order valence-electron chi connectivity index (χ3n) is 3.88. The quantitative estimate of drug-likeness (QED) is 0.304. The molecule has 0 N–H and O–H groups in total. The number of hydrogen-bond donors (Lipinski definition) is 0. The van der Waals surface area contributed by atoms with Gasteiger partial charge in [0.2, 0.25) is 0 Å². The molecular formula is C23H26O3. The average molecular weight is 350 g/mol. The largest absolute Gasteiger partial charge is 0.494 e. The summed E-state index contributed by atoms with van der Waals surface area (Å²) in [5.74, 6) is 0.592. The molecule has 2 rings (SSSR count). The van der Waals surface area contributed by atoms with Crippen LogP contribution >= 0.6 is 0 Å². The number of carbonyl (C=O) groups excluding carboxylic acids is 1. The fourth-order valence-electron chi connectivity index (χ4n) is 2.40. The first-order valence-corrected chi connectivity index (χ1v) is 9.03. The van der Waals surface area contributed by atoms with E-state index in [1.54, 1.807) is 6.08 Å². The molecule has 136 valence electrons. The highest BCUT2D eigenvalue weighted by Gasteiger charge is 1.98. The van der Waals surface area contributed by atoms with Crippen molar-refractivity contribution in [1.82, 2.24) is 0 Å². The Hall–Kier alpha value is -2.81. The lowest BCUT2D eigenvalue weighted by molar-refractivity contribution is -0.137. The van der Waals surface area contributed by atoms with Crippen molar-refractivity contribution < 1.29 is 14.3 Å². The molecule has 0 bridgehead atoms. The standard InChI is InChI=1S/C23H26O3/c1-2-20-12-15-22(16-13-20)25-18-8-3-4-9-19-26-23(24)17-14-21-10-6-5-7-11-21/h2,5-7,10-17H,1,3-4,8-9,18-19H2/b17-14+. The second-order valence-electron chi connectivity index (χ2n) is 5.95. The number of hydrogen-bond acceptors (Lipinski definition) is 3. The molecule has 0 radical (unpaired) electrons. The van der Waals surface area contributed by atoms with Gasteiger partial charge in [-0.15, -0.1) is 0 Å². The van der Waals surface area contributed by atoms with E-state index in [9.17, 15) is 4.79 Å². The van der Waals surface area contributed by atoms with E-state index in [1.165, 1.54) is 6.08 Å². The number of esters is 1. The van der Waals surface area contributed by atoms with Crippen molar-refractivity contribution in [2.45, 2.75) is 25.7 Å². The summed E-state index contributed by atoms with van der Waals surface area (Å²) in [7, 11) is 0. The van der Waals surface area contributed by atoms with Crippen LogP contribution in [-0.4, -0.2) is 19.2 Å². The number of ether oxygens (including phenoxy) is 2. The van der Waals surface area contributed by atoms with Crippen LogP contribution in [0.15, 0.2) is 67.3 Å². The van der Waals surface area contributed by atoms with Crippen molar-refractivity contribution in [2.24, 2.45) is 0 Å². The van der Waals surface area contributed by atoms with E-state index in [0.29, 0.717) is 13.2 Å². The Labute approximate surface area is 156 Å². The van der Waals surface area contributed by atoms with Gasteiger partial charge in [-0.2, -0.15) is 0 Å². The van der Waals surface area contributed by atoms with Crippen molar-refractivity contribution in [3.05, 3.63) is 78.4 Å². The van der Waals surface area contributed by atoms with E-state index >= 15 is 0 Å². The molecule has 2 aromatic rings. The Morgan fingerprint density at radius 2 is 1.54 bits per heavy atom. The van der Waals surface area contributed by atoms with Crippen LogP contribution in [0.4, 0.5) is 0 Å². The fourth-order valence-corrected chi connectivity index (χ4v) is 2.40. The van der Waals surface area contributed by atoms with Crippen LogP contribution in [0.25, 0.3) is 12.2 Å². The lowest BCUT2D eigenvalue weighted by Crippen LogP contribution is -2.02. The van der Waals surface area contributed by atoms with Crippen molar-refractivity contribution >= 4 is 18.1 Å². The van der Waals surface area contributed by atoms with Gasteiger partial charge in [-0.05, 0) is 55.0 Å². The number of rotatable bonds is 11. The number of benzene rings is 2. The zero-order valence-corrected chi connectivity index (χ0v) is 15.1. The van der Waals surface area contributed by atoms with Gasteiger partial charge >= 0.3 is 5.97 Å². The van der Waals surface area contributed by atoms with Crippen molar-refractivity contribution in [1.29, 1.82) is 0 Å². The van der Waals surface area contributed by atoms with E-state index in [1.807, 2.05) is 60.7 Å². The molecule has 0 atom stereocenters. The second-order valence-corrected chi connectivity index (χ2v) is 5.95. The minimum Gasteiger partial charge on any atom is -0.494 e. The maximum absolute atomic E-state index is 11.6. The summed E-state index contributed by atoms with van der Waals surface area (Å²) in [5, 5.41) is 0. The van der Waals surface area contributed by atoms with Crippen LogP contribution in [-0.2, 0) is 9.53 Å². The van der Waals surface area contributed by atoms with Crippen molar-refractivity contribution in [3.8, 4) is 5.75 Å². The summed E-state index contributed by atoms with van der Waals surface area (Å²) in [6, 6.07) is 17.6. The van der Waals surface area contributed by atoms with E-state index < -0.39 is 0 Å². The highest BCUT2D eigenvalue weighted by Crippen LogP contribution is 2.13. The molecule has 26 heavy (non-hydrogen) atoms. The number of carbonyl (C=O) groups is 1. The molecular weight excluding hydrogens is 324 g/mol. The Morgan fingerprint density at radius 3 is 2.23 bits per heavy atom. The summed E-state index contributed by atoms with van der Waals surface area (Å²) in [6.45, 7) is 4.89. The van der Waals surface area contributed by atoms with Gasteiger partial charge in [-0.3, -0.25) is 0 Å². The van der Waals surface area contributed by atoms with Gasteiger partial charge in [0.05, 0.1) is 13.2 Å². The zero-order valence-electron chi connectivity index (χ0n) is 15.1. The molecule has 0 aliphatic rings. The summed E-state index contributed by atoms with van der Waals surface area (Å²) in [4.78, 5) is 11.6. The second kappa shape index (κ2) is 11.7. The van der Waals surface area contributed by atoms with E-state index in [4.69, 9.17) is 9.47 Å². The van der Waals surface area contributed by atoms with E-state index in [2.05, 4.69) is 6.58 Å². The van der Waals surface area contributed by atoms with Crippen LogP contribution in [0.5, 0.6) is 5.75 Å². The summed E-state index contributed by atoms with van der Waals surface area (Å²) < 4.78 is 10.9. The van der Waals surface area contributed by atoms with Crippen molar-refractivity contribution in [3.63, 3.8) is 0 Å². The highest BCUT2D eigenvalue weighted by molar-refractivity contribution is 5.86. The van der Waals surface area contributed by atoms with Crippen LogP contribution < -0.4 is 4.74 Å². The molecule has 3 nitrogen and oxygen atoms in total. The molecule has 0 heterocycles. The fraction of sp³-hybridized carbons (Fsp3) is 0.261. The first kappa shape index (κ1) is 19.5. The maximum atomic E-state index is 11.6. The summed E-state index contributed by atoms with van der Waals surface area (Å²) in [5.41, 5.74) is 2.08. The first-order chi connectivity index (χ1) is 12.8. The molecule has 0 aliphatic heterocycles. The maximum Gasteiger partial charge on any atom is 0.330 e. The van der Waals surface area contributed by atoms with Crippen LogP contribution in [0.1, 0.15) is 36.8 Å². The Kier molecular flexibility index (Phi) is 8.78. The Balaban J connectivity index is 1.48. The third-order valence-corrected chi connectivity index (χ3v) is 3.88. The third kappa shape index (κ3) is 7.84. The minimum absolute atomic E-state index is 0.292. The van der Waals surface area contributed by atoms with Crippen molar-refractivity contribution in [2.75, 3.05) is 13.2 Å². The minimum atomic E-state index is -0.292. The van der Waals surface area contributed by atoms with Gasteiger partial charge < -0.3 is 9.47 Å². The van der Waals surface area contributed by atoms with Gasteiger partial charge in [0, 0.05) is 6.08 Å². The lowest BCUT2D eigenvalue weighted by atomic mass is 10.2. The van der Waals surface area contributed by atoms with E-state index in [0.717, 1.165) is 42.6 Å². The lowest BCUT2D eigenvalue weighted by Gasteiger charge is -2.06. The molecule has 0 saturated heterocycles. The van der Waals surface area contributed by atoms with Gasteiger partial charge in [-0.1, -0.05) is 55.1 Å². The number of unbranched alkanes of at least 4 members (excludes halogenated alkanes) is 3. The molecule has 0 unspecified atom stereocenters. The molecule has 0 spiro atoms. The SMILES string of the molecule is C=Cc1ccc(OCCCCCCOC(=O)/C=C/c2ccccc2)cc1. The molecule has 2 aromatic carbocycles. The Bertz CT molecular complexity index is 687. The normalized spacial score (nSPS) is 10.6. The van der Waals surface area contributed by atoms with Gasteiger partial charge in [0.15, 0.2) is 0 Å².